The molecule has 1 fully saturated rings. The SMILES string of the molecule is NCC1CN(CCCOc2ccc(F)cc2)CCO1. The molecular formula is C14H21FN2O2. The molecule has 0 bridgehead atoms. The van der Waals surface area contributed by atoms with Crippen molar-refractivity contribution in [2.45, 2.75) is 12.5 Å². The average molecular weight is 268 g/mol. The van der Waals surface area contributed by atoms with E-state index in [2.05, 4.69) is 4.90 Å². The molecule has 4 nitrogen and oxygen atoms in total. The van der Waals surface area contributed by atoms with Gasteiger partial charge in [-0.3, -0.25) is 4.90 Å². The molecule has 1 aliphatic heterocycles. The quantitative estimate of drug-likeness (QED) is 0.789. The number of rotatable bonds is 6. The number of halogens is 1. The molecule has 19 heavy (non-hydrogen) atoms. The summed E-state index contributed by atoms with van der Waals surface area (Å²) in [6, 6.07) is 6.11. The molecule has 1 saturated heterocycles. The van der Waals surface area contributed by atoms with Gasteiger partial charge in [0.15, 0.2) is 0 Å². The van der Waals surface area contributed by atoms with E-state index in [9.17, 15) is 4.39 Å². The monoisotopic (exact) mass is 268 g/mol. The van der Waals surface area contributed by atoms with Crippen LogP contribution in [0.1, 0.15) is 6.42 Å². The van der Waals surface area contributed by atoms with Gasteiger partial charge in [0.25, 0.3) is 0 Å². The van der Waals surface area contributed by atoms with E-state index in [0.717, 1.165) is 32.7 Å². The van der Waals surface area contributed by atoms with Crippen LogP contribution < -0.4 is 10.5 Å². The van der Waals surface area contributed by atoms with Crippen molar-refractivity contribution in [1.82, 2.24) is 4.90 Å². The van der Waals surface area contributed by atoms with Crippen LogP contribution in [0.4, 0.5) is 4.39 Å². The van der Waals surface area contributed by atoms with Gasteiger partial charge in [0.2, 0.25) is 0 Å². The Morgan fingerprint density at radius 3 is 2.89 bits per heavy atom. The van der Waals surface area contributed by atoms with Gasteiger partial charge in [-0.1, -0.05) is 0 Å². The first kappa shape index (κ1) is 14.2. The van der Waals surface area contributed by atoms with Crippen LogP contribution in [0.15, 0.2) is 24.3 Å². The molecular weight excluding hydrogens is 247 g/mol. The summed E-state index contributed by atoms with van der Waals surface area (Å²) in [4.78, 5) is 2.34. The lowest BCUT2D eigenvalue weighted by atomic mass is 10.2. The number of benzene rings is 1. The Morgan fingerprint density at radius 1 is 1.37 bits per heavy atom. The highest BCUT2D eigenvalue weighted by Gasteiger charge is 2.18. The summed E-state index contributed by atoms with van der Waals surface area (Å²) in [5.74, 6) is 0.469. The molecule has 0 spiro atoms. The predicted octanol–water partition coefficient (Wildman–Crippen LogP) is 1.25. The molecule has 2 N–H and O–H groups in total. The molecule has 0 amide bonds. The number of nitrogens with zero attached hydrogens (tertiary/aromatic N) is 1. The molecule has 0 saturated carbocycles. The van der Waals surface area contributed by atoms with Gasteiger partial charge >= 0.3 is 0 Å². The zero-order chi connectivity index (χ0) is 13.5. The number of nitrogens with two attached hydrogens (primary N) is 1. The fourth-order valence-corrected chi connectivity index (χ4v) is 2.14. The van der Waals surface area contributed by atoms with Gasteiger partial charge in [-0.15, -0.1) is 0 Å². The van der Waals surface area contributed by atoms with Crippen LogP contribution in [0.2, 0.25) is 0 Å². The Bertz CT molecular complexity index is 372. The van der Waals surface area contributed by atoms with E-state index in [4.69, 9.17) is 15.2 Å². The highest BCUT2D eigenvalue weighted by atomic mass is 19.1. The molecule has 5 heteroatoms. The molecule has 0 radical (unpaired) electrons. The van der Waals surface area contributed by atoms with E-state index in [1.807, 2.05) is 0 Å². The molecule has 1 atom stereocenters. The zero-order valence-electron chi connectivity index (χ0n) is 11.1. The summed E-state index contributed by atoms with van der Waals surface area (Å²) in [5.41, 5.74) is 5.60. The lowest BCUT2D eigenvalue weighted by Gasteiger charge is -2.32. The van der Waals surface area contributed by atoms with Crippen molar-refractivity contribution in [1.29, 1.82) is 0 Å². The molecule has 106 valence electrons. The summed E-state index contributed by atoms with van der Waals surface area (Å²) in [6.07, 6.45) is 1.10. The highest BCUT2D eigenvalue weighted by Crippen LogP contribution is 2.11. The number of ether oxygens (including phenoxy) is 2. The molecule has 0 aromatic heterocycles. The van der Waals surface area contributed by atoms with Gasteiger partial charge in [0, 0.05) is 26.2 Å². The molecule has 1 aliphatic rings. The standard InChI is InChI=1S/C14H21FN2O2/c15-12-2-4-13(5-3-12)18-8-1-6-17-7-9-19-14(10-16)11-17/h2-5,14H,1,6-11,16H2. The number of hydrogen-bond acceptors (Lipinski definition) is 4. The van der Waals surface area contributed by atoms with Crippen molar-refractivity contribution in [2.24, 2.45) is 5.73 Å². The van der Waals surface area contributed by atoms with Gasteiger partial charge in [-0.05, 0) is 30.7 Å². The minimum absolute atomic E-state index is 0.159. The van der Waals surface area contributed by atoms with Crippen LogP contribution in [-0.2, 0) is 4.74 Å². The van der Waals surface area contributed by atoms with E-state index in [0.29, 0.717) is 18.9 Å². The lowest BCUT2D eigenvalue weighted by molar-refractivity contribution is -0.0241. The van der Waals surface area contributed by atoms with Crippen molar-refractivity contribution < 1.29 is 13.9 Å². The Labute approximate surface area is 113 Å². The maximum absolute atomic E-state index is 12.7. The Kier molecular flexibility index (Phi) is 5.57. The first-order valence-electron chi connectivity index (χ1n) is 6.70. The Hall–Kier alpha value is -1.17. The van der Waals surface area contributed by atoms with Crippen LogP contribution in [0.25, 0.3) is 0 Å². The van der Waals surface area contributed by atoms with Gasteiger partial charge in [-0.2, -0.15) is 0 Å². The zero-order valence-corrected chi connectivity index (χ0v) is 11.1. The van der Waals surface area contributed by atoms with E-state index in [-0.39, 0.29) is 11.9 Å². The second-order valence-corrected chi connectivity index (χ2v) is 4.69. The summed E-state index contributed by atoms with van der Waals surface area (Å²) < 4.78 is 23.8. The predicted molar refractivity (Wildman–Crippen MR) is 71.7 cm³/mol. The Morgan fingerprint density at radius 2 is 2.16 bits per heavy atom. The van der Waals surface area contributed by atoms with Crippen molar-refractivity contribution in [3.8, 4) is 5.75 Å². The molecule has 0 aliphatic carbocycles. The Balaban J connectivity index is 1.62. The smallest absolute Gasteiger partial charge is 0.123 e. The molecule has 1 aromatic rings. The number of morpholine rings is 1. The summed E-state index contributed by atoms with van der Waals surface area (Å²) >= 11 is 0. The van der Waals surface area contributed by atoms with E-state index in [1.165, 1.54) is 12.1 Å². The van der Waals surface area contributed by atoms with E-state index in [1.54, 1.807) is 12.1 Å². The molecule has 2 rings (SSSR count). The van der Waals surface area contributed by atoms with Gasteiger partial charge in [-0.25, -0.2) is 4.39 Å². The van der Waals surface area contributed by atoms with Crippen LogP contribution in [0.3, 0.4) is 0 Å². The van der Waals surface area contributed by atoms with Gasteiger partial charge < -0.3 is 15.2 Å². The molecule has 1 unspecified atom stereocenters. The minimum atomic E-state index is -0.242. The van der Waals surface area contributed by atoms with Crippen LogP contribution in [-0.4, -0.2) is 50.4 Å². The fourth-order valence-electron chi connectivity index (χ4n) is 2.14. The van der Waals surface area contributed by atoms with Crippen LogP contribution in [0, 0.1) is 5.82 Å². The minimum Gasteiger partial charge on any atom is -0.494 e. The lowest BCUT2D eigenvalue weighted by Crippen LogP contribution is -2.46. The number of hydrogen-bond donors (Lipinski definition) is 1. The third kappa shape index (κ3) is 4.78. The third-order valence-corrected chi connectivity index (χ3v) is 3.19. The topological polar surface area (TPSA) is 47.7 Å². The van der Waals surface area contributed by atoms with E-state index >= 15 is 0 Å². The van der Waals surface area contributed by atoms with Crippen molar-refractivity contribution in [2.75, 3.05) is 39.4 Å². The first-order valence-corrected chi connectivity index (χ1v) is 6.70. The first-order chi connectivity index (χ1) is 9.28. The van der Waals surface area contributed by atoms with Crippen molar-refractivity contribution in [3.05, 3.63) is 30.1 Å². The average Bonchev–Trinajstić information content (AvgIpc) is 2.46. The third-order valence-electron chi connectivity index (χ3n) is 3.19. The normalized spacial score (nSPS) is 20.4. The maximum Gasteiger partial charge on any atom is 0.123 e. The highest BCUT2D eigenvalue weighted by molar-refractivity contribution is 5.21. The fraction of sp³-hybridized carbons (Fsp3) is 0.571. The van der Waals surface area contributed by atoms with Crippen LogP contribution >= 0.6 is 0 Å². The second-order valence-electron chi connectivity index (χ2n) is 4.69. The largest absolute Gasteiger partial charge is 0.494 e. The van der Waals surface area contributed by atoms with E-state index < -0.39 is 0 Å². The van der Waals surface area contributed by atoms with Gasteiger partial charge in [0.1, 0.15) is 11.6 Å². The van der Waals surface area contributed by atoms with Crippen molar-refractivity contribution in [3.63, 3.8) is 0 Å². The maximum atomic E-state index is 12.7. The summed E-state index contributed by atoms with van der Waals surface area (Å²) in [6.45, 7) is 4.78. The van der Waals surface area contributed by atoms with Crippen molar-refractivity contribution >= 4 is 0 Å². The second kappa shape index (κ2) is 7.43. The summed E-state index contributed by atoms with van der Waals surface area (Å²) in [5, 5.41) is 0. The van der Waals surface area contributed by atoms with Gasteiger partial charge in [0.05, 0.1) is 19.3 Å². The molecule has 1 aromatic carbocycles. The van der Waals surface area contributed by atoms with Crippen LogP contribution in [0.5, 0.6) is 5.75 Å². The molecule has 1 heterocycles. The summed E-state index contributed by atoms with van der Waals surface area (Å²) in [7, 11) is 0.